The Hall–Kier alpha value is -0.890. The van der Waals surface area contributed by atoms with Gasteiger partial charge in [0.25, 0.3) is 0 Å². The first-order chi connectivity index (χ1) is 4.77. The zero-order chi connectivity index (χ0) is 7.82. The van der Waals surface area contributed by atoms with E-state index in [4.69, 9.17) is 4.74 Å². The summed E-state index contributed by atoms with van der Waals surface area (Å²) in [7, 11) is 0. The Bertz CT molecular complexity index is 136. The molecule has 0 aromatic carbocycles. The summed E-state index contributed by atoms with van der Waals surface area (Å²) in [6, 6.07) is 0. The van der Waals surface area contributed by atoms with Gasteiger partial charge in [0.2, 0.25) is 6.29 Å². The fraction of sp³-hybridized carbons (Fsp3) is 0.375. The lowest BCUT2D eigenvalue weighted by Crippen LogP contribution is -1.93. The van der Waals surface area contributed by atoms with Crippen molar-refractivity contribution >= 4 is 6.29 Å². The molecule has 0 heterocycles. The molecule has 0 rings (SSSR count). The van der Waals surface area contributed by atoms with E-state index >= 15 is 0 Å². The van der Waals surface area contributed by atoms with Crippen molar-refractivity contribution in [2.75, 3.05) is 13.2 Å². The van der Waals surface area contributed by atoms with Crippen LogP contribution in [0.15, 0.2) is 24.3 Å². The first-order valence-electron chi connectivity index (χ1n) is 3.02. The quantitative estimate of drug-likeness (QED) is 0.325. The Labute approximate surface area is 61.2 Å². The minimum atomic E-state index is 0.447. The van der Waals surface area contributed by atoms with E-state index in [0.29, 0.717) is 13.2 Å². The van der Waals surface area contributed by atoms with Crippen molar-refractivity contribution in [3.8, 4) is 0 Å². The number of ether oxygens (including phenoxy) is 1. The monoisotopic (exact) mass is 139 g/mol. The summed E-state index contributed by atoms with van der Waals surface area (Å²) >= 11 is 0. The predicted molar refractivity (Wildman–Crippen MR) is 40.5 cm³/mol. The molecule has 2 nitrogen and oxygen atoms in total. The van der Waals surface area contributed by atoms with E-state index in [2.05, 4.69) is 6.58 Å². The van der Waals surface area contributed by atoms with Crippen molar-refractivity contribution in [2.45, 2.75) is 6.92 Å². The second-order valence-corrected chi connectivity index (χ2v) is 1.99. The molecular weight excluding hydrogens is 128 g/mol. The van der Waals surface area contributed by atoms with Crippen LogP contribution in [-0.2, 0) is 9.53 Å². The fourth-order valence-corrected chi connectivity index (χ4v) is 0.397. The molecule has 2 heteroatoms. The maximum atomic E-state index is 9.62. The molecule has 0 aromatic heterocycles. The summed E-state index contributed by atoms with van der Waals surface area (Å²) in [5.41, 5.74) is 0.975. The Morgan fingerprint density at radius 3 is 3.00 bits per heavy atom. The van der Waals surface area contributed by atoms with Crippen LogP contribution in [0.1, 0.15) is 6.92 Å². The van der Waals surface area contributed by atoms with Gasteiger partial charge >= 0.3 is 0 Å². The van der Waals surface area contributed by atoms with Crippen LogP contribution >= 0.6 is 0 Å². The minimum absolute atomic E-state index is 0.447. The van der Waals surface area contributed by atoms with E-state index in [-0.39, 0.29) is 0 Å². The zero-order valence-electron chi connectivity index (χ0n) is 6.09. The third-order valence-corrected chi connectivity index (χ3v) is 0.748. The molecule has 0 saturated carbocycles. The maximum absolute atomic E-state index is 9.62. The molecule has 0 saturated heterocycles. The van der Waals surface area contributed by atoms with Crippen molar-refractivity contribution in [1.29, 1.82) is 0 Å². The third kappa shape index (κ3) is 7.11. The third-order valence-electron chi connectivity index (χ3n) is 0.748. The van der Waals surface area contributed by atoms with Crippen LogP contribution in [0.2, 0.25) is 0 Å². The Balaban J connectivity index is 3.12. The molecule has 0 unspecified atom stereocenters. The second kappa shape index (κ2) is 6.23. The number of carbonyl (C=O) groups excluding carboxylic acids is 1. The molecule has 0 aliphatic carbocycles. The van der Waals surface area contributed by atoms with Crippen molar-refractivity contribution < 1.29 is 9.53 Å². The summed E-state index contributed by atoms with van der Waals surface area (Å²) in [5.74, 6) is 0. The molecule has 0 spiro atoms. The van der Waals surface area contributed by atoms with Crippen LogP contribution in [0.25, 0.3) is 0 Å². The molecule has 0 aliphatic rings. The highest BCUT2D eigenvalue weighted by Gasteiger charge is 1.82. The molecule has 10 heavy (non-hydrogen) atoms. The normalized spacial score (nSPS) is 10.1. The van der Waals surface area contributed by atoms with Gasteiger partial charge in [-0.2, -0.15) is 0 Å². The van der Waals surface area contributed by atoms with Crippen molar-refractivity contribution in [2.24, 2.45) is 0 Å². The Morgan fingerprint density at radius 1 is 1.80 bits per heavy atom. The first-order valence-corrected chi connectivity index (χ1v) is 3.02. The topological polar surface area (TPSA) is 26.3 Å². The van der Waals surface area contributed by atoms with Crippen molar-refractivity contribution in [3.05, 3.63) is 24.3 Å². The Morgan fingerprint density at radius 2 is 2.50 bits per heavy atom. The predicted octanol–water partition coefficient (Wildman–Crippen LogP) is 1.24. The fourth-order valence-electron chi connectivity index (χ4n) is 0.397. The summed E-state index contributed by atoms with van der Waals surface area (Å²) in [6.07, 6.45) is 4.52. The number of rotatable bonds is 5. The average Bonchev–Trinajstić information content (AvgIpc) is 1.87. The maximum Gasteiger partial charge on any atom is 0.225 e. The smallest absolute Gasteiger partial charge is 0.225 e. The molecule has 1 radical (unpaired) electrons. The summed E-state index contributed by atoms with van der Waals surface area (Å²) < 4.78 is 5.03. The molecule has 0 aliphatic heterocycles. The molecular formula is C8H11O2. The minimum Gasteiger partial charge on any atom is -0.373 e. The Kier molecular flexibility index (Phi) is 5.68. The molecule has 0 N–H and O–H groups in total. The number of hydrogen-bond donors (Lipinski definition) is 0. The van der Waals surface area contributed by atoms with Gasteiger partial charge in [-0.1, -0.05) is 18.2 Å². The van der Waals surface area contributed by atoms with Gasteiger partial charge in [-0.3, -0.25) is 4.79 Å². The van der Waals surface area contributed by atoms with Gasteiger partial charge in [-0.25, -0.2) is 0 Å². The molecule has 55 valence electrons. The first kappa shape index (κ1) is 9.11. The standard InChI is InChI=1S/C8H11O2/c1-8(2)7-10-6-4-3-5-9/h3-4H,1,6-7H2,2H3. The van der Waals surface area contributed by atoms with Gasteiger partial charge in [0.15, 0.2) is 0 Å². The lowest BCUT2D eigenvalue weighted by molar-refractivity contribution is 0.187. The van der Waals surface area contributed by atoms with Gasteiger partial charge in [0.1, 0.15) is 0 Å². The lowest BCUT2D eigenvalue weighted by Gasteiger charge is -1.97. The second-order valence-electron chi connectivity index (χ2n) is 1.99. The van der Waals surface area contributed by atoms with E-state index in [9.17, 15) is 4.79 Å². The molecule has 0 amide bonds. The molecule has 0 fully saturated rings. The highest BCUT2D eigenvalue weighted by molar-refractivity contribution is 5.65. The van der Waals surface area contributed by atoms with Gasteiger partial charge in [0, 0.05) is 0 Å². The molecule has 0 atom stereocenters. The average molecular weight is 139 g/mol. The SMILES string of the molecule is C=C(C)COCC=C[C]=O. The van der Waals surface area contributed by atoms with E-state index < -0.39 is 0 Å². The largest absolute Gasteiger partial charge is 0.373 e. The summed E-state index contributed by atoms with van der Waals surface area (Å²) in [5, 5.41) is 0. The van der Waals surface area contributed by atoms with Gasteiger partial charge in [-0.15, -0.1) is 0 Å². The van der Waals surface area contributed by atoms with Crippen LogP contribution < -0.4 is 0 Å². The number of allylic oxidation sites excluding steroid dienone is 1. The van der Waals surface area contributed by atoms with Crippen LogP contribution in [0.5, 0.6) is 0 Å². The lowest BCUT2D eigenvalue weighted by atomic mass is 10.4. The van der Waals surface area contributed by atoms with Gasteiger partial charge in [-0.05, 0) is 13.0 Å². The highest BCUT2D eigenvalue weighted by Crippen LogP contribution is 1.87. The van der Waals surface area contributed by atoms with Gasteiger partial charge in [0.05, 0.1) is 13.2 Å². The summed E-state index contributed by atoms with van der Waals surface area (Å²) in [4.78, 5) is 9.62. The van der Waals surface area contributed by atoms with E-state index in [1.54, 1.807) is 12.4 Å². The molecule has 0 aromatic rings. The highest BCUT2D eigenvalue weighted by atomic mass is 16.5. The van der Waals surface area contributed by atoms with E-state index in [0.717, 1.165) is 5.57 Å². The van der Waals surface area contributed by atoms with Crippen molar-refractivity contribution in [3.63, 3.8) is 0 Å². The van der Waals surface area contributed by atoms with E-state index in [1.807, 2.05) is 6.92 Å². The van der Waals surface area contributed by atoms with E-state index in [1.165, 1.54) is 6.08 Å². The zero-order valence-corrected chi connectivity index (χ0v) is 6.09. The van der Waals surface area contributed by atoms with Crippen LogP contribution in [-0.4, -0.2) is 19.5 Å². The van der Waals surface area contributed by atoms with Crippen LogP contribution in [0.3, 0.4) is 0 Å². The van der Waals surface area contributed by atoms with Crippen LogP contribution in [0, 0.1) is 0 Å². The number of hydrogen-bond acceptors (Lipinski definition) is 2. The summed E-state index contributed by atoms with van der Waals surface area (Å²) in [6.45, 7) is 6.52. The van der Waals surface area contributed by atoms with Crippen LogP contribution in [0.4, 0.5) is 0 Å². The van der Waals surface area contributed by atoms with Gasteiger partial charge < -0.3 is 4.74 Å². The molecule has 0 bridgehead atoms. The van der Waals surface area contributed by atoms with Crippen molar-refractivity contribution in [1.82, 2.24) is 0 Å².